The van der Waals surface area contributed by atoms with E-state index in [1.54, 1.807) is 24.3 Å². The number of fused-ring (bicyclic) bond motifs is 1. The van der Waals surface area contributed by atoms with Crippen LogP contribution in [0.1, 0.15) is 24.5 Å². The molecule has 3 aromatic carbocycles. The van der Waals surface area contributed by atoms with Crippen LogP contribution in [0, 0.1) is 0 Å². The van der Waals surface area contributed by atoms with E-state index in [1.165, 1.54) is 10.5 Å². The van der Waals surface area contributed by atoms with E-state index in [1.807, 2.05) is 54.3 Å². The summed E-state index contributed by atoms with van der Waals surface area (Å²) in [6, 6.07) is 22.2. The Labute approximate surface area is 197 Å². The number of aryl methyl sites for hydroxylation is 1. The first-order chi connectivity index (χ1) is 16.1. The zero-order chi connectivity index (χ0) is 22.9. The van der Waals surface area contributed by atoms with Gasteiger partial charge < -0.3 is 9.64 Å². The summed E-state index contributed by atoms with van der Waals surface area (Å²) < 4.78 is 5.56. The van der Waals surface area contributed by atoms with Crippen molar-refractivity contribution in [2.24, 2.45) is 0 Å². The van der Waals surface area contributed by atoms with Crippen molar-refractivity contribution >= 4 is 40.4 Å². The molecule has 2 aliphatic heterocycles. The molecule has 0 saturated heterocycles. The second kappa shape index (κ2) is 8.75. The van der Waals surface area contributed by atoms with E-state index in [2.05, 4.69) is 6.07 Å². The SMILES string of the molecule is CCOc1ccc(C2=C(N3CCCc4ccccc43)C(=O)N(c3cccc(Cl)c3)C2=O)cc1. The van der Waals surface area contributed by atoms with Crippen LogP contribution in [0.25, 0.3) is 5.57 Å². The Morgan fingerprint density at radius 1 is 0.939 bits per heavy atom. The van der Waals surface area contributed by atoms with E-state index < -0.39 is 0 Å². The normalized spacial score (nSPS) is 15.8. The fourth-order valence-corrected chi connectivity index (χ4v) is 4.71. The van der Waals surface area contributed by atoms with Crippen molar-refractivity contribution in [3.63, 3.8) is 0 Å². The number of ether oxygens (including phenoxy) is 1. The zero-order valence-corrected chi connectivity index (χ0v) is 19.0. The highest BCUT2D eigenvalue weighted by atomic mass is 35.5. The van der Waals surface area contributed by atoms with Crippen molar-refractivity contribution < 1.29 is 14.3 Å². The van der Waals surface area contributed by atoms with Crippen LogP contribution >= 0.6 is 11.6 Å². The molecule has 0 radical (unpaired) electrons. The van der Waals surface area contributed by atoms with Crippen LogP contribution in [-0.2, 0) is 16.0 Å². The third kappa shape index (κ3) is 3.79. The fourth-order valence-electron chi connectivity index (χ4n) is 4.53. The minimum Gasteiger partial charge on any atom is -0.494 e. The van der Waals surface area contributed by atoms with Crippen molar-refractivity contribution in [2.75, 3.05) is 23.0 Å². The van der Waals surface area contributed by atoms with E-state index in [0.29, 0.717) is 40.7 Å². The van der Waals surface area contributed by atoms with Crippen molar-refractivity contribution in [2.45, 2.75) is 19.8 Å². The number of carbonyl (C=O) groups excluding carboxylic acids is 2. The minimum absolute atomic E-state index is 0.345. The third-order valence-electron chi connectivity index (χ3n) is 5.96. The van der Waals surface area contributed by atoms with Gasteiger partial charge in [0, 0.05) is 17.3 Å². The number of hydrogen-bond donors (Lipinski definition) is 0. The van der Waals surface area contributed by atoms with E-state index in [4.69, 9.17) is 16.3 Å². The molecule has 2 heterocycles. The zero-order valence-electron chi connectivity index (χ0n) is 18.3. The lowest BCUT2D eigenvalue weighted by Gasteiger charge is -2.32. The van der Waals surface area contributed by atoms with Crippen molar-refractivity contribution in [3.8, 4) is 5.75 Å². The number of hydrogen-bond acceptors (Lipinski definition) is 4. The molecule has 0 bridgehead atoms. The number of para-hydroxylation sites is 1. The summed E-state index contributed by atoms with van der Waals surface area (Å²) in [5.41, 5.74) is 4.07. The summed E-state index contributed by atoms with van der Waals surface area (Å²) >= 11 is 6.18. The summed E-state index contributed by atoms with van der Waals surface area (Å²) in [4.78, 5) is 30.8. The summed E-state index contributed by atoms with van der Waals surface area (Å²) in [6.45, 7) is 3.14. The van der Waals surface area contributed by atoms with Crippen molar-refractivity contribution in [1.82, 2.24) is 0 Å². The predicted octanol–water partition coefficient (Wildman–Crippen LogP) is 5.48. The molecule has 33 heavy (non-hydrogen) atoms. The van der Waals surface area contributed by atoms with Crippen LogP contribution in [-0.4, -0.2) is 25.0 Å². The molecule has 0 saturated carbocycles. The average molecular weight is 459 g/mol. The minimum atomic E-state index is -0.357. The van der Waals surface area contributed by atoms with Gasteiger partial charge in [-0.25, -0.2) is 4.90 Å². The molecule has 0 aromatic heterocycles. The first-order valence-electron chi connectivity index (χ1n) is 11.1. The van der Waals surface area contributed by atoms with Gasteiger partial charge in [-0.05, 0) is 67.3 Å². The molecule has 0 atom stereocenters. The lowest BCUT2D eigenvalue weighted by atomic mass is 9.98. The maximum absolute atomic E-state index is 13.8. The Hall–Kier alpha value is -3.57. The molecular weight excluding hydrogens is 436 g/mol. The van der Waals surface area contributed by atoms with Gasteiger partial charge in [0.2, 0.25) is 0 Å². The highest BCUT2D eigenvalue weighted by Gasteiger charge is 2.43. The van der Waals surface area contributed by atoms with E-state index in [0.717, 1.165) is 24.3 Å². The molecular formula is C27H23ClN2O3. The molecule has 0 unspecified atom stereocenters. The van der Waals surface area contributed by atoms with Crippen LogP contribution in [0.5, 0.6) is 5.75 Å². The van der Waals surface area contributed by atoms with Gasteiger partial charge in [0.25, 0.3) is 11.8 Å². The molecule has 166 valence electrons. The molecule has 0 spiro atoms. The summed E-state index contributed by atoms with van der Waals surface area (Å²) in [7, 11) is 0. The van der Waals surface area contributed by atoms with E-state index in [-0.39, 0.29) is 11.8 Å². The summed E-state index contributed by atoms with van der Waals surface area (Å²) in [6.07, 6.45) is 1.84. The number of halogens is 1. The quantitative estimate of drug-likeness (QED) is 0.475. The van der Waals surface area contributed by atoms with Gasteiger partial charge in [0.1, 0.15) is 11.4 Å². The molecule has 5 rings (SSSR count). The standard InChI is InChI=1S/C27H23ClN2O3/c1-2-33-22-14-12-19(13-15-22)24-25(29-16-6-8-18-7-3-4-11-23(18)29)27(32)30(26(24)31)21-10-5-9-20(28)17-21/h3-5,7,9-15,17H,2,6,8,16H2,1H3. The molecule has 0 N–H and O–H groups in total. The summed E-state index contributed by atoms with van der Waals surface area (Å²) in [5.74, 6) is 0.0162. The largest absolute Gasteiger partial charge is 0.494 e. The topological polar surface area (TPSA) is 49.9 Å². The number of nitrogens with zero attached hydrogens (tertiary/aromatic N) is 2. The predicted molar refractivity (Wildman–Crippen MR) is 131 cm³/mol. The Balaban J connectivity index is 1.67. The van der Waals surface area contributed by atoms with Gasteiger partial charge >= 0.3 is 0 Å². The van der Waals surface area contributed by atoms with Crippen LogP contribution in [0.2, 0.25) is 5.02 Å². The van der Waals surface area contributed by atoms with E-state index >= 15 is 0 Å². The lowest BCUT2D eigenvalue weighted by molar-refractivity contribution is -0.120. The maximum Gasteiger partial charge on any atom is 0.282 e. The lowest BCUT2D eigenvalue weighted by Crippen LogP contribution is -2.37. The number of carbonyl (C=O) groups is 2. The third-order valence-corrected chi connectivity index (χ3v) is 6.20. The Kier molecular flexibility index (Phi) is 5.65. The monoisotopic (exact) mass is 458 g/mol. The number of anilines is 2. The number of rotatable bonds is 5. The number of imide groups is 1. The molecule has 5 nitrogen and oxygen atoms in total. The first kappa shape index (κ1) is 21.3. The second-order valence-corrected chi connectivity index (χ2v) is 8.43. The number of benzene rings is 3. The molecule has 0 fully saturated rings. The van der Waals surface area contributed by atoms with Crippen molar-refractivity contribution in [3.05, 3.63) is 94.6 Å². The van der Waals surface area contributed by atoms with Gasteiger partial charge in [0.05, 0.1) is 17.9 Å². The first-order valence-corrected chi connectivity index (χ1v) is 11.4. The average Bonchev–Trinajstić information content (AvgIpc) is 3.09. The van der Waals surface area contributed by atoms with Gasteiger partial charge in [-0.2, -0.15) is 0 Å². The van der Waals surface area contributed by atoms with Crippen LogP contribution in [0.15, 0.2) is 78.5 Å². The molecule has 3 aromatic rings. The van der Waals surface area contributed by atoms with Gasteiger partial charge in [-0.3, -0.25) is 9.59 Å². The summed E-state index contributed by atoms with van der Waals surface area (Å²) in [5, 5.41) is 0.465. The molecule has 2 aliphatic rings. The highest BCUT2D eigenvalue weighted by molar-refractivity contribution is 6.46. The molecule has 6 heteroatoms. The van der Waals surface area contributed by atoms with Crippen molar-refractivity contribution in [1.29, 1.82) is 0 Å². The molecule has 0 aliphatic carbocycles. The smallest absolute Gasteiger partial charge is 0.282 e. The fraction of sp³-hybridized carbons (Fsp3) is 0.185. The van der Waals surface area contributed by atoms with Crippen LogP contribution in [0.3, 0.4) is 0 Å². The Bertz CT molecular complexity index is 1270. The van der Waals surface area contributed by atoms with Gasteiger partial charge in [-0.1, -0.05) is 48.0 Å². The Morgan fingerprint density at radius 3 is 2.48 bits per heavy atom. The van der Waals surface area contributed by atoms with Crippen LogP contribution < -0.4 is 14.5 Å². The van der Waals surface area contributed by atoms with E-state index in [9.17, 15) is 9.59 Å². The highest BCUT2D eigenvalue weighted by Crippen LogP contribution is 2.40. The Morgan fingerprint density at radius 2 is 1.73 bits per heavy atom. The maximum atomic E-state index is 13.8. The van der Waals surface area contributed by atoms with Gasteiger partial charge in [0.15, 0.2) is 0 Å². The van der Waals surface area contributed by atoms with Gasteiger partial charge in [-0.15, -0.1) is 0 Å². The second-order valence-electron chi connectivity index (χ2n) is 7.99. The number of amides is 2. The molecule has 2 amide bonds. The van der Waals surface area contributed by atoms with Crippen LogP contribution in [0.4, 0.5) is 11.4 Å².